The zero-order valence-electron chi connectivity index (χ0n) is 11.5. The Morgan fingerprint density at radius 2 is 2.06 bits per heavy atom. The average molecular weight is 265 g/mol. The summed E-state index contributed by atoms with van der Waals surface area (Å²) in [4.78, 5) is 16.7. The summed E-state index contributed by atoms with van der Waals surface area (Å²) >= 11 is 1.57. The number of nitrogens with zero attached hydrogens (tertiary/aromatic N) is 3. The molecule has 0 saturated heterocycles. The van der Waals surface area contributed by atoms with Gasteiger partial charge in [-0.05, 0) is 5.92 Å². The van der Waals surface area contributed by atoms with Crippen molar-refractivity contribution in [2.45, 2.75) is 46.5 Å². The third-order valence-corrected chi connectivity index (χ3v) is 3.62. The third kappa shape index (κ3) is 2.32. The number of imidazole rings is 1. The van der Waals surface area contributed by atoms with Crippen molar-refractivity contribution < 1.29 is 4.79 Å². The molecule has 0 amide bonds. The summed E-state index contributed by atoms with van der Waals surface area (Å²) in [5, 5.41) is 5.54. The monoisotopic (exact) mass is 265 g/mol. The van der Waals surface area contributed by atoms with E-state index in [9.17, 15) is 4.79 Å². The molecule has 0 spiro atoms. The molecule has 0 atom stereocenters. The summed E-state index contributed by atoms with van der Waals surface area (Å²) < 4.78 is 1.69. The molecule has 4 nitrogen and oxygen atoms in total. The van der Waals surface area contributed by atoms with Crippen LogP contribution in [-0.4, -0.2) is 20.9 Å². The highest BCUT2D eigenvalue weighted by atomic mass is 32.1. The van der Waals surface area contributed by atoms with Gasteiger partial charge in [-0.15, -0.1) is 0 Å². The SMILES string of the molecule is CC(C)Cc1nn2c(C=O)c(C(C)(C)C)nc2s1. The molecule has 0 bridgehead atoms. The molecule has 0 aliphatic rings. The zero-order chi connectivity index (χ0) is 13.5. The summed E-state index contributed by atoms with van der Waals surface area (Å²) in [7, 11) is 0. The van der Waals surface area contributed by atoms with E-state index >= 15 is 0 Å². The molecule has 2 aromatic heterocycles. The third-order valence-electron chi connectivity index (χ3n) is 2.68. The van der Waals surface area contributed by atoms with Crippen LogP contribution in [-0.2, 0) is 11.8 Å². The maximum Gasteiger partial charge on any atom is 0.213 e. The number of carbonyl (C=O) groups excluding carboxylic acids is 1. The predicted molar refractivity (Wildman–Crippen MR) is 73.5 cm³/mol. The molecule has 18 heavy (non-hydrogen) atoms. The zero-order valence-corrected chi connectivity index (χ0v) is 12.3. The first-order valence-electron chi connectivity index (χ1n) is 6.17. The Hall–Kier alpha value is -1.23. The molecular weight excluding hydrogens is 246 g/mol. The fraction of sp³-hybridized carbons (Fsp3) is 0.615. The van der Waals surface area contributed by atoms with E-state index < -0.39 is 0 Å². The van der Waals surface area contributed by atoms with Crippen LogP contribution < -0.4 is 0 Å². The number of aromatic nitrogens is 3. The number of hydrogen-bond donors (Lipinski definition) is 0. The number of aldehydes is 1. The molecule has 0 radical (unpaired) electrons. The van der Waals surface area contributed by atoms with Crippen LogP contribution in [0.5, 0.6) is 0 Å². The largest absolute Gasteiger partial charge is 0.296 e. The van der Waals surface area contributed by atoms with E-state index in [-0.39, 0.29) is 5.41 Å². The van der Waals surface area contributed by atoms with Crippen LogP contribution in [0.3, 0.4) is 0 Å². The second-order valence-electron chi connectivity index (χ2n) is 6.00. The molecule has 0 aliphatic carbocycles. The van der Waals surface area contributed by atoms with Gasteiger partial charge in [-0.3, -0.25) is 4.79 Å². The van der Waals surface area contributed by atoms with Crippen molar-refractivity contribution in [3.8, 4) is 0 Å². The van der Waals surface area contributed by atoms with Crippen LogP contribution in [0.2, 0.25) is 0 Å². The summed E-state index contributed by atoms with van der Waals surface area (Å²) in [6, 6.07) is 0. The minimum Gasteiger partial charge on any atom is -0.296 e. The summed E-state index contributed by atoms with van der Waals surface area (Å²) in [6.45, 7) is 10.5. The van der Waals surface area contributed by atoms with Crippen LogP contribution in [0.4, 0.5) is 0 Å². The van der Waals surface area contributed by atoms with E-state index in [0.29, 0.717) is 11.6 Å². The highest BCUT2D eigenvalue weighted by Gasteiger charge is 2.25. The number of rotatable bonds is 3. The van der Waals surface area contributed by atoms with Gasteiger partial charge in [0.2, 0.25) is 4.96 Å². The van der Waals surface area contributed by atoms with Crippen LogP contribution >= 0.6 is 11.3 Å². The molecule has 0 saturated carbocycles. The second-order valence-corrected chi connectivity index (χ2v) is 7.04. The van der Waals surface area contributed by atoms with Crippen molar-refractivity contribution >= 4 is 22.6 Å². The van der Waals surface area contributed by atoms with E-state index in [2.05, 4.69) is 44.7 Å². The van der Waals surface area contributed by atoms with Crippen LogP contribution in [0.15, 0.2) is 0 Å². The maximum absolute atomic E-state index is 11.3. The molecule has 0 aliphatic heterocycles. The second kappa shape index (κ2) is 4.46. The normalized spacial score (nSPS) is 12.6. The van der Waals surface area contributed by atoms with Gasteiger partial charge in [0.1, 0.15) is 10.7 Å². The molecule has 0 fully saturated rings. The quantitative estimate of drug-likeness (QED) is 0.801. The Labute approximate surface area is 111 Å². The van der Waals surface area contributed by atoms with Crippen molar-refractivity contribution in [2.75, 3.05) is 0 Å². The lowest BCUT2D eigenvalue weighted by Gasteiger charge is -2.15. The Bertz CT molecular complexity index is 575. The summed E-state index contributed by atoms with van der Waals surface area (Å²) in [5.41, 5.74) is 1.28. The fourth-order valence-electron chi connectivity index (χ4n) is 1.89. The van der Waals surface area contributed by atoms with E-state index in [1.807, 2.05) is 0 Å². The summed E-state index contributed by atoms with van der Waals surface area (Å²) in [5.74, 6) is 0.558. The van der Waals surface area contributed by atoms with E-state index in [1.165, 1.54) is 0 Å². The molecule has 98 valence electrons. The van der Waals surface area contributed by atoms with E-state index in [0.717, 1.165) is 28.4 Å². The molecular formula is C13H19N3OS. The van der Waals surface area contributed by atoms with E-state index in [4.69, 9.17) is 0 Å². The molecule has 5 heteroatoms. The van der Waals surface area contributed by atoms with Gasteiger partial charge in [-0.2, -0.15) is 9.61 Å². The molecule has 0 unspecified atom stereocenters. The van der Waals surface area contributed by atoms with Crippen LogP contribution in [0, 0.1) is 5.92 Å². The Kier molecular flexibility index (Phi) is 3.27. The van der Waals surface area contributed by atoms with Crippen molar-refractivity contribution in [1.29, 1.82) is 0 Å². The molecule has 2 aromatic rings. The highest BCUT2D eigenvalue weighted by molar-refractivity contribution is 7.16. The van der Waals surface area contributed by atoms with E-state index in [1.54, 1.807) is 15.9 Å². The minimum atomic E-state index is -0.137. The summed E-state index contributed by atoms with van der Waals surface area (Å²) in [6.07, 6.45) is 1.79. The Morgan fingerprint density at radius 3 is 2.56 bits per heavy atom. The van der Waals surface area contributed by atoms with Crippen LogP contribution in [0.25, 0.3) is 4.96 Å². The first kappa shape index (κ1) is 13.2. The van der Waals surface area contributed by atoms with Gasteiger partial charge in [0, 0.05) is 11.8 Å². The lowest BCUT2D eigenvalue weighted by molar-refractivity contribution is 0.111. The van der Waals surface area contributed by atoms with Crippen LogP contribution in [0.1, 0.15) is 55.8 Å². The number of carbonyl (C=O) groups is 1. The first-order valence-corrected chi connectivity index (χ1v) is 6.98. The fourth-order valence-corrected chi connectivity index (χ4v) is 3.01. The van der Waals surface area contributed by atoms with Gasteiger partial charge in [-0.1, -0.05) is 46.0 Å². The first-order chi connectivity index (χ1) is 8.32. The van der Waals surface area contributed by atoms with Gasteiger partial charge in [-0.25, -0.2) is 4.98 Å². The van der Waals surface area contributed by atoms with Gasteiger partial charge >= 0.3 is 0 Å². The molecule has 2 rings (SSSR count). The lowest BCUT2D eigenvalue weighted by Crippen LogP contribution is -2.15. The van der Waals surface area contributed by atoms with Crippen molar-refractivity contribution in [3.05, 3.63) is 16.4 Å². The van der Waals surface area contributed by atoms with Gasteiger partial charge in [0.05, 0.1) is 5.69 Å². The topological polar surface area (TPSA) is 47.3 Å². The minimum absolute atomic E-state index is 0.137. The number of fused-ring (bicyclic) bond motifs is 1. The average Bonchev–Trinajstić information content (AvgIpc) is 2.71. The maximum atomic E-state index is 11.3. The molecule has 0 aromatic carbocycles. The molecule has 0 N–H and O–H groups in total. The Morgan fingerprint density at radius 1 is 1.39 bits per heavy atom. The van der Waals surface area contributed by atoms with Crippen molar-refractivity contribution in [1.82, 2.24) is 14.6 Å². The van der Waals surface area contributed by atoms with Gasteiger partial charge < -0.3 is 0 Å². The Balaban J connectivity index is 2.54. The standard InChI is InChI=1S/C13H19N3OS/c1-8(2)6-10-15-16-9(7-17)11(13(3,4)5)14-12(16)18-10/h7-8H,6H2,1-5H3. The number of hydrogen-bond acceptors (Lipinski definition) is 4. The predicted octanol–water partition coefficient (Wildman–Crippen LogP) is 3.10. The lowest BCUT2D eigenvalue weighted by atomic mass is 9.91. The molecule has 2 heterocycles. The smallest absolute Gasteiger partial charge is 0.213 e. The van der Waals surface area contributed by atoms with Crippen molar-refractivity contribution in [2.24, 2.45) is 5.92 Å². The highest BCUT2D eigenvalue weighted by Crippen LogP contribution is 2.27. The van der Waals surface area contributed by atoms with Gasteiger partial charge in [0.15, 0.2) is 6.29 Å². The van der Waals surface area contributed by atoms with Crippen molar-refractivity contribution in [3.63, 3.8) is 0 Å². The van der Waals surface area contributed by atoms with Gasteiger partial charge in [0.25, 0.3) is 0 Å².